The van der Waals surface area contributed by atoms with Crippen molar-refractivity contribution in [1.29, 1.82) is 0 Å². The van der Waals surface area contributed by atoms with E-state index in [1.807, 2.05) is 19.1 Å². The molecule has 1 aliphatic rings. The van der Waals surface area contributed by atoms with E-state index in [1.165, 1.54) is 10.6 Å². The molecule has 0 bridgehead atoms. The molecule has 0 aromatic heterocycles. The van der Waals surface area contributed by atoms with Crippen molar-refractivity contribution in [1.82, 2.24) is 9.62 Å². The Morgan fingerprint density at radius 2 is 2.21 bits per heavy atom. The Hall–Kier alpha value is -1.31. The molecule has 1 amide bonds. The molecule has 0 spiro atoms. The van der Waals surface area contributed by atoms with Crippen LogP contribution < -0.4 is 10.1 Å². The maximum absolute atomic E-state index is 12.2. The van der Waals surface area contributed by atoms with E-state index in [4.69, 9.17) is 16.3 Å². The van der Waals surface area contributed by atoms with Crippen molar-refractivity contribution in [2.24, 2.45) is 5.92 Å². The Bertz CT molecular complexity index is 693. The topological polar surface area (TPSA) is 75.7 Å². The van der Waals surface area contributed by atoms with Gasteiger partial charge >= 0.3 is 0 Å². The monoisotopic (exact) mass is 374 g/mol. The summed E-state index contributed by atoms with van der Waals surface area (Å²) >= 11 is 6.03. The van der Waals surface area contributed by atoms with Gasteiger partial charge in [0.2, 0.25) is 15.9 Å². The predicted molar refractivity (Wildman–Crippen MR) is 93.8 cm³/mol. The van der Waals surface area contributed by atoms with Crippen LogP contribution in [0.2, 0.25) is 5.02 Å². The van der Waals surface area contributed by atoms with Crippen molar-refractivity contribution in [3.63, 3.8) is 0 Å². The molecule has 134 valence electrons. The van der Waals surface area contributed by atoms with Crippen LogP contribution in [0.3, 0.4) is 0 Å². The Balaban J connectivity index is 1.75. The molecule has 0 saturated carbocycles. The van der Waals surface area contributed by atoms with Gasteiger partial charge < -0.3 is 10.1 Å². The third-order valence-electron chi connectivity index (χ3n) is 4.04. The first kappa shape index (κ1) is 19.0. The van der Waals surface area contributed by atoms with E-state index < -0.39 is 10.0 Å². The van der Waals surface area contributed by atoms with Gasteiger partial charge in [0.1, 0.15) is 12.4 Å². The summed E-state index contributed by atoms with van der Waals surface area (Å²) in [7, 11) is -3.25. The largest absolute Gasteiger partial charge is 0.492 e. The number of carbonyl (C=O) groups excluding carboxylic acids is 1. The zero-order valence-corrected chi connectivity index (χ0v) is 15.5. The van der Waals surface area contributed by atoms with Gasteiger partial charge in [-0.3, -0.25) is 4.79 Å². The lowest BCUT2D eigenvalue weighted by Crippen LogP contribution is -2.45. The fourth-order valence-corrected chi connectivity index (χ4v) is 3.69. The van der Waals surface area contributed by atoms with Crippen molar-refractivity contribution < 1.29 is 17.9 Å². The van der Waals surface area contributed by atoms with Gasteiger partial charge in [0.25, 0.3) is 0 Å². The minimum Gasteiger partial charge on any atom is -0.492 e. The first-order valence-electron chi connectivity index (χ1n) is 7.89. The lowest BCUT2D eigenvalue weighted by Gasteiger charge is -2.30. The van der Waals surface area contributed by atoms with E-state index in [2.05, 4.69) is 5.32 Å². The third-order valence-corrected chi connectivity index (χ3v) is 5.71. The highest BCUT2D eigenvalue weighted by molar-refractivity contribution is 7.88. The zero-order chi connectivity index (χ0) is 17.7. The maximum atomic E-state index is 12.2. The molecule has 1 heterocycles. The number of ether oxygens (including phenoxy) is 1. The number of aryl methyl sites for hydroxylation is 1. The maximum Gasteiger partial charge on any atom is 0.224 e. The highest BCUT2D eigenvalue weighted by atomic mass is 35.5. The van der Waals surface area contributed by atoms with Crippen LogP contribution >= 0.6 is 11.6 Å². The first-order valence-corrected chi connectivity index (χ1v) is 10.1. The average molecular weight is 375 g/mol. The molecule has 6 nitrogen and oxygen atoms in total. The molecule has 1 aromatic carbocycles. The summed E-state index contributed by atoms with van der Waals surface area (Å²) in [4.78, 5) is 12.2. The van der Waals surface area contributed by atoms with Crippen LogP contribution in [-0.4, -0.2) is 51.1 Å². The lowest BCUT2D eigenvalue weighted by molar-refractivity contribution is -0.126. The number of piperidine rings is 1. The van der Waals surface area contributed by atoms with Crippen LogP contribution in [0.1, 0.15) is 18.4 Å². The highest BCUT2D eigenvalue weighted by Gasteiger charge is 2.29. The second-order valence-corrected chi connectivity index (χ2v) is 8.40. The molecule has 0 radical (unpaired) electrons. The molecule has 1 N–H and O–H groups in total. The zero-order valence-electron chi connectivity index (χ0n) is 13.9. The Morgan fingerprint density at radius 1 is 1.46 bits per heavy atom. The number of hydrogen-bond acceptors (Lipinski definition) is 4. The van der Waals surface area contributed by atoms with Crippen molar-refractivity contribution in [2.45, 2.75) is 19.8 Å². The highest BCUT2D eigenvalue weighted by Crippen LogP contribution is 2.21. The van der Waals surface area contributed by atoms with Crippen molar-refractivity contribution in [2.75, 3.05) is 32.5 Å². The second kappa shape index (κ2) is 8.18. The Kier molecular flexibility index (Phi) is 6.48. The van der Waals surface area contributed by atoms with Gasteiger partial charge in [0, 0.05) is 18.1 Å². The molecular formula is C16H23ClN2O4S. The number of amides is 1. The van der Waals surface area contributed by atoms with Gasteiger partial charge in [-0.2, -0.15) is 0 Å². The number of nitrogens with zero attached hydrogens (tertiary/aromatic N) is 1. The predicted octanol–water partition coefficient (Wildman–Crippen LogP) is 1.82. The SMILES string of the molecule is Cc1ccc(OCCNC(=O)C2CCCN(S(C)(=O)=O)C2)cc1Cl. The molecule has 24 heavy (non-hydrogen) atoms. The summed E-state index contributed by atoms with van der Waals surface area (Å²) in [5.41, 5.74) is 0.977. The number of rotatable bonds is 6. The van der Waals surface area contributed by atoms with Gasteiger partial charge in [0.05, 0.1) is 18.7 Å². The quantitative estimate of drug-likeness (QED) is 0.770. The molecular weight excluding hydrogens is 352 g/mol. The molecule has 1 aliphatic heterocycles. The minimum atomic E-state index is -3.25. The Labute approximate surface area is 148 Å². The van der Waals surface area contributed by atoms with Gasteiger partial charge in [-0.05, 0) is 37.5 Å². The second-order valence-electron chi connectivity index (χ2n) is 6.01. The molecule has 1 saturated heterocycles. The van der Waals surface area contributed by atoms with Crippen molar-refractivity contribution in [3.05, 3.63) is 28.8 Å². The molecule has 2 rings (SSSR count). The minimum absolute atomic E-state index is 0.131. The van der Waals surface area contributed by atoms with Gasteiger partial charge in [0.15, 0.2) is 0 Å². The lowest BCUT2D eigenvalue weighted by atomic mass is 9.99. The summed E-state index contributed by atoms with van der Waals surface area (Å²) < 4.78 is 30.1. The van der Waals surface area contributed by atoms with Gasteiger partial charge in [-0.15, -0.1) is 0 Å². The fraction of sp³-hybridized carbons (Fsp3) is 0.562. The summed E-state index contributed by atoms with van der Waals surface area (Å²) in [6.45, 7) is 3.34. The van der Waals surface area contributed by atoms with Crippen LogP contribution in [0, 0.1) is 12.8 Å². The molecule has 8 heteroatoms. The van der Waals surface area contributed by atoms with Crippen LogP contribution in [-0.2, 0) is 14.8 Å². The summed E-state index contributed by atoms with van der Waals surface area (Å²) in [6, 6.07) is 5.44. The number of sulfonamides is 1. The number of benzene rings is 1. The molecule has 1 atom stereocenters. The smallest absolute Gasteiger partial charge is 0.224 e. The molecule has 1 unspecified atom stereocenters. The Morgan fingerprint density at radius 3 is 2.88 bits per heavy atom. The van der Waals surface area contributed by atoms with Gasteiger partial charge in [-0.1, -0.05) is 17.7 Å². The number of carbonyl (C=O) groups is 1. The third kappa shape index (κ3) is 5.36. The fourth-order valence-electron chi connectivity index (χ4n) is 2.61. The number of hydrogen-bond donors (Lipinski definition) is 1. The molecule has 1 fully saturated rings. The van der Waals surface area contributed by atoms with E-state index >= 15 is 0 Å². The van der Waals surface area contributed by atoms with Crippen LogP contribution in [0.5, 0.6) is 5.75 Å². The normalized spacial score (nSPS) is 19.0. The van der Waals surface area contributed by atoms with Crippen LogP contribution in [0.4, 0.5) is 0 Å². The van der Waals surface area contributed by atoms with Crippen LogP contribution in [0.15, 0.2) is 18.2 Å². The summed E-state index contributed by atoms with van der Waals surface area (Å²) in [5.74, 6) is 0.219. The average Bonchev–Trinajstić information content (AvgIpc) is 2.54. The van der Waals surface area contributed by atoms with Crippen molar-refractivity contribution >= 4 is 27.5 Å². The van der Waals surface area contributed by atoms with Crippen LogP contribution in [0.25, 0.3) is 0 Å². The standard InChI is InChI=1S/C16H23ClN2O4S/c1-12-5-6-14(10-15(12)17)23-9-7-18-16(20)13-4-3-8-19(11-13)24(2,21)22/h5-6,10,13H,3-4,7-9,11H2,1-2H3,(H,18,20). The van der Waals surface area contributed by atoms with Gasteiger partial charge in [-0.25, -0.2) is 12.7 Å². The van der Waals surface area contributed by atoms with Crippen molar-refractivity contribution in [3.8, 4) is 5.75 Å². The summed E-state index contributed by atoms with van der Waals surface area (Å²) in [6.07, 6.45) is 2.57. The number of halogens is 1. The van der Waals surface area contributed by atoms with E-state index in [1.54, 1.807) is 6.07 Å². The van der Waals surface area contributed by atoms with E-state index in [0.717, 1.165) is 5.56 Å². The number of nitrogens with one attached hydrogen (secondary N) is 1. The van der Waals surface area contributed by atoms with E-state index in [-0.39, 0.29) is 18.4 Å². The summed E-state index contributed by atoms with van der Waals surface area (Å²) in [5, 5.41) is 3.44. The molecule has 0 aliphatic carbocycles. The van der Waals surface area contributed by atoms with E-state index in [9.17, 15) is 13.2 Å². The first-order chi connectivity index (χ1) is 11.3. The molecule has 1 aromatic rings. The van der Waals surface area contributed by atoms with E-state index in [0.29, 0.717) is 43.3 Å².